The van der Waals surface area contributed by atoms with Crippen LogP contribution in [0.25, 0.3) is 0 Å². The lowest BCUT2D eigenvalue weighted by molar-refractivity contribution is -0.154. The Labute approximate surface area is 313 Å². The van der Waals surface area contributed by atoms with Crippen LogP contribution >= 0.6 is 7.82 Å². The van der Waals surface area contributed by atoms with Crippen LogP contribution in [0.3, 0.4) is 0 Å². The van der Waals surface area contributed by atoms with Gasteiger partial charge in [-0.05, 0) is 44.9 Å². The highest BCUT2D eigenvalue weighted by Gasteiger charge is 2.26. The summed E-state index contributed by atoms with van der Waals surface area (Å²) < 4.78 is 33.3. The van der Waals surface area contributed by atoms with Gasteiger partial charge in [-0.15, -0.1) is 0 Å². The van der Waals surface area contributed by atoms with Gasteiger partial charge in [-0.3, -0.25) is 13.8 Å². The second-order valence-corrected chi connectivity index (χ2v) is 15.5. The fraction of sp³-hybridized carbons (Fsp3) is 0.878. The van der Waals surface area contributed by atoms with Gasteiger partial charge in [0, 0.05) is 13.0 Å². The van der Waals surface area contributed by atoms with Crippen molar-refractivity contribution in [2.24, 2.45) is 0 Å². The van der Waals surface area contributed by atoms with E-state index in [4.69, 9.17) is 23.6 Å². The molecule has 0 radical (unpaired) electrons. The number of unbranched alkanes of at least 4 members (excludes halogenated alkanes) is 22. The van der Waals surface area contributed by atoms with Crippen molar-refractivity contribution in [3.63, 3.8) is 0 Å². The van der Waals surface area contributed by atoms with Gasteiger partial charge in [-0.2, -0.15) is 0 Å². The molecule has 0 aromatic carbocycles. The van der Waals surface area contributed by atoms with Gasteiger partial charge in [-0.25, -0.2) is 4.57 Å². The number of carbonyl (C=O) groups is 1. The molecule has 3 unspecified atom stereocenters. The molecule has 3 N–H and O–H groups in total. The Hall–Kier alpha value is -1.06. The van der Waals surface area contributed by atoms with E-state index in [0.29, 0.717) is 6.61 Å². The molecule has 0 aliphatic rings. The van der Waals surface area contributed by atoms with Crippen LogP contribution in [0.1, 0.15) is 187 Å². The molecule has 0 rings (SSSR count). The third-order valence-electron chi connectivity index (χ3n) is 8.89. The molecule has 0 bridgehead atoms. The SMILES string of the molecule is CCCCC/C=C\C/C=C\CCCCCCCCCCCCOCC(COP(=O)(O)OCC(O)CO)OC(=O)CCCCCCCCCCCC. The minimum Gasteiger partial charge on any atom is -0.457 e. The molecule has 0 fully saturated rings. The normalized spacial score (nSPS) is 14.4. The van der Waals surface area contributed by atoms with Crippen LogP contribution in [0.2, 0.25) is 0 Å². The van der Waals surface area contributed by atoms with Gasteiger partial charge < -0.3 is 24.6 Å². The Balaban J connectivity index is 4.09. The molecule has 302 valence electrons. The predicted molar refractivity (Wildman–Crippen MR) is 210 cm³/mol. The molecular formula is C41H79O9P. The van der Waals surface area contributed by atoms with Gasteiger partial charge in [0.15, 0.2) is 0 Å². The number of esters is 1. The average molecular weight is 747 g/mol. The standard InChI is InChI=1S/C41H79O9P/c1-3-5-7-9-11-13-15-16-17-18-19-20-21-22-23-24-26-28-30-32-34-47-37-40(38-49-51(45,46)48-36-39(43)35-42)50-41(44)33-31-29-27-25-14-12-10-8-6-4-2/h11,13,16-17,39-40,42-43H,3-10,12,14-15,18-38H2,1-2H3,(H,45,46)/b13-11-,17-16-. The van der Waals surface area contributed by atoms with Crippen LogP contribution in [-0.4, -0.2) is 66.3 Å². The van der Waals surface area contributed by atoms with Gasteiger partial charge in [0.05, 0.1) is 26.4 Å². The zero-order chi connectivity index (χ0) is 37.5. The van der Waals surface area contributed by atoms with E-state index in [-0.39, 0.29) is 25.6 Å². The molecule has 10 heteroatoms. The van der Waals surface area contributed by atoms with E-state index in [2.05, 4.69) is 38.2 Å². The second kappa shape index (κ2) is 38.7. The average Bonchev–Trinajstić information content (AvgIpc) is 3.12. The molecule has 0 saturated heterocycles. The first-order valence-corrected chi connectivity index (χ1v) is 22.3. The van der Waals surface area contributed by atoms with E-state index in [1.165, 1.54) is 122 Å². The number of hydrogen-bond acceptors (Lipinski definition) is 8. The summed E-state index contributed by atoms with van der Waals surface area (Å²) in [4.78, 5) is 22.5. The highest BCUT2D eigenvalue weighted by molar-refractivity contribution is 7.47. The van der Waals surface area contributed by atoms with Crippen molar-refractivity contribution >= 4 is 13.8 Å². The summed E-state index contributed by atoms with van der Waals surface area (Å²) in [6.45, 7) is 3.49. The molecule has 0 amide bonds. The Bertz CT molecular complexity index is 851. The Kier molecular flexibility index (Phi) is 37.9. The summed E-state index contributed by atoms with van der Waals surface area (Å²) in [5.41, 5.74) is 0. The van der Waals surface area contributed by atoms with Crippen molar-refractivity contribution in [2.45, 2.75) is 199 Å². The molecule has 3 atom stereocenters. The zero-order valence-corrected chi connectivity index (χ0v) is 33.7. The fourth-order valence-electron chi connectivity index (χ4n) is 5.68. The molecular weight excluding hydrogens is 667 g/mol. The molecule has 0 aliphatic carbocycles. The maximum atomic E-state index is 12.5. The van der Waals surface area contributed by atoms with Gasteiger partial charge in [-0.1, -0.05) is 160 Å². The first kappa shape index (κ1) is 49.9. The second-order valence-electron chi connectivity index (χ2n) is 14.0. The van der Waals surface area contributed by atoms with Crippen molar-refractivity contribution in [3.05, 3.63) is 24.3 Å². The van der Waals surface area contributed by atoms with Crippen LogP contribution in [0.15, 0.2) is 24.3 Å². The summed E-state index contributed by atoms with van der Waals surface area (Å²) in [7, 11) is -4.51. The van der Waals surface area contributed by atoms with Crippen molar-refractivity contribution in [1.29, 1.82) is 0 Å². The number of phosphoric acid groups is 1. The summed E-state index contributed by atoms with van der Waals surface area (Å²) in [6, 6.07) is 0. The number of allylic oxidation sites excluding steroid dienone is 4. The number of aliphatic hydroxyl groups excluding tert-OH is 2. The molecule has 0 saturated carbocycles. The summed E-state index contributed by atoms with van der Waals surface area (Å²) >= 11 is 0. The third kappa shape index (κ3) is 38.5. The monoisotopic (exact) mass is 747 g/mol. The number of hydrogen-bond donors (Lipinski definition) is 3. The minimum absolute atomic E-state index is 0.0506. The van der Waals surface area contributed by atoms with Crippen molar-refractivity contribution in [3.8, 4) is 0 Å². The lowest BCUT2D eigenvalue weighted by Crippen LogP contribution is -2.29. The first-order valence-electron chi connectivity index (χ1n) is 20.8. The summed E-state index contributed by atoms with van der Waals surface area (Å²) in [5.74, 6) is -0.385. The molecule has 9 nitrogen and oxygen atoms in total. The Morgan fingerprint density at radius 1 is 0.608 bits per heavy atom. The molecule has 0 aromatic heterocycles. The molecule has 0 aromatic rings. The van der Waals surface area contributed by atoms with E-state index >= 15 is 0 Å². The van der Waals surface area contributed by atoms with E-state index in [0.717, 1.165) is 44.9 Å². The van der Waals surface area contributed by atoms with Crippen LogP contribution < -0.4 is 0 Å². The summed E-state index contributed by atoms with van der Waals surface area (Å²) in [6.07, 6.45) is 38.5. The zero-order valence-electron chi connectivity index (χ0n) is 32.8. The number of carbonyl (C=O) groups excluding carboxylic acids is 1. The minimum atomic E-state index is -4.51. The van der Waals surface area contributed by atoms with Crippen LogP contribution in [-0.2, 0) is 27.9 Å². The Morgan fingerprint density at radius 2 is 1.06 bits per heavy atom. The van der Waals surface area contributed by atoms with Crippen molar-refractivity contribution in [1.82, 2.24) is 0 Å². The molecule has 0 heterocycles. The topological polar surface area (TPSA) is 132 Å². The quantitative estimate of drug-likeness (QED) is 0.0242. The van der Waals surface area contributed by atoms with Gasteiger partial charge in [0.2, 0.25) is 0 Å². The maximum Gasteiger partial charge on any atom is 0.472 e. The van der Waals surface area contributed by atoms with E-state index < -0.39 is 33.2 Å². The fourth-order valence-corrected chi connectivity index (χ4v) is 6.47. The number of rotatable bonds is 40. The Morgan fingerprint density at radius 3 is 1.61 bits per heavy atom. The molecule has 0 aliphatic heterocycles. The predicted octanol–water partition coefficient (Wildman–Crippen LogP) is 11.1. The highest BCUT2D eigenvalue weighted by Crippen LogP contribution is 2.43. The first-order chi connectivity index (χ1) is 24.8. The van der Waals surface area contributed by atoms with Crippen molar-refractivity contribution < 1.29 is 43.0 Å². The van der Waals surface area contributed by atoms with Gasteiger partial charge in [0.25, 0.3) is 0 Å². The van der Waals surface area contributed by atoms with Crippen LogP contribution in [0.5, 0.6) is 0 Å². The molecule has 0 spiro atoms. The lowest BCUT2D eigenvalue weighted by Gasteiger charge is -2.20. The van der Waals surface area contributed by atoms with Gasteiger partial charge >= 0.3 is 13.8 Å². The largest absolute Gasteiger partial charge is 0.472 e. The van der Waals surface area contributed by atoms with E-state index in [1.54, 1.807) is 0 Å². The maximum absolute atomic E-state index is 12.5. The third-order valence-corrected chi connectivity index (χ3v) is 9.84. The van der Waals surface area contributed by atoms with Crippen molar-refractivity contribution in [2.75, 3.05) is 33.0 Å². The number of phosphoric ester groups is 1. The molecule has 51 heavy (non-hydrogen) atoms. The van der Waals surface area contributed by atoms with E-state index in [9.17, 15) is 19.4 Å². The highest BCUT2D eigenvalue weighted by atomic mass is 31.2. The number of aliphatic hydroxyl groups is 2. The van der Waals surface area contributed by atoms with Gasteiger partial charge in [0.1, 0.15) is 12.2 Å². The van der Waals surface area contributed by atoms with E-state index in [1.807, 2.05) is 0 Å². The van der Waals surface area contributed by atoms with Crippen LogP contribution in [0.4, 0.5) is 0 Å². The number of ether oxygens (including phenoxy) is 2. The lowest BCUT2D eigenvalue weighted by atomic mass is 10.1. The smallest absolute Gasteiger partial charge is 0.457 e. The summed E-state index contributed by atoms with van der Waals surface area (Å²) in [5, 5.41) is 18.3. The van der Waals surface area contributed by atoms with Crippen LogP contribution in [0, 0.1) is 0 Å².